The van der Waals surface area contributed by atoms with Crippen molar-refractivity contribution in [2.75, 3.05) is 20.1 Å². The number of hydrogen-bond acceptors (Lipinski definition) is 4. The first-order valence-electron chi connectivity index (χ1n) is 5.76. The largest absolute Gasteiger partial charge is 0.439 e. The summed E-state index contributed by atoms with van der Waals surface area (Å²) in [4.78, 5) is 13.3. The highest BCUT2D eigenvalue weighted by molar-refractivity contribution is 7.52. The van der Waals surface area contributed by atoms with E-state index < -0.39 is 7.75 Å². The number of nitrogens with zero attached hydrogens (tertiary/aromatic N) is 2. The molecule has 6 nitrogen and oxygen atoms in total. The van der Waals surface area contributed by atoms with Gasteiger partial charge in [0.2, 0.25) is 0 Å². The zero-order chi connectivity index (χ0) is 13.2. The van der Waals surface area contributed by atoms with Crippen LogP contribution in [0.1, 0.15) is 27.7 Å². The first-order valence-corrected chi connectivity index (χ1v) is 7.25. The second-order valence-electron chi connectivity index (χ2n) is 4.60. The van der Waals surface area contributed by atoms with Crippen LogP contribution in [-0.4, -0.2) is 47.9 Å². The fourth-order valence-corrected chi connectivity index (χ4v) is 3.57. The lowest BCUT2D eigenvalue weighted by atomic mass is 10.5. The van der Waals surface area contributed by atoms with Crippen molar-refractivity contribution in [1.29, 1.82) is 0 Å². The highest BCUT2D eigenvalue weighted by Gasteiger charge is 2.43. The molecule has 100 valence electrons. The maximum absolute atomic E-state index is 12.6. The number of hydrogen-bond donors (Lipinski definition) is 0. The summed E-state index contributed by atoms with van der Waals surface area (Å²) in [5, 5.41) is 0. The molecule has 1 fully saturated rings. The van der Waals surface area contributed by atoms with E-state index in [1.807, 2.05) is 0 Å². The normalized spacial score (nSPS) is 17.7. The summed E-state index contributed by atoms with van der Waals surface area (Å²) in [6.45, 7) is 7.96. The van der Waals surface area contributed by atoms with Gasteiger partial charge in [0.15, 0.2) is 0 Å². The Kier molecular flexibility index (Phi) is 4.58. The third kappa shape index (κ3) is 3.44. The van der Waals surface area contributed by atoms with Crippen LogP contribution in [0.25, 0.3) is 0 Å². The molecule has 2 amide bonds. The first-order chi connectivity index (χ1) is 7.76. The van der Waals surface area contributed by atoms with Crippen molar-refractivity contribution in [2.45, 2.75) is 39.9 Å². The summed E-state index contributed by atoms with van der Waals surface area (Å²) in [5.41, 5.74) is 0. The van der Waals surface area contributed by atoms with E-state index in [0.29, 0.717) is 13.1 Å². The molecular weight excluding hydrogens is 243 g/mol. The van der Waals surface area contributed by atoms with Crippen LogP contribution in [0.4, 0.5) is 4.79 Å². The molecule has 7 heteroatoms. The molecule has 1 saturated heterocycles. The lowest BCUT2D eigenvalue weighted by Crippen LogP contribution is -2.30. The predicted octanol–water partition coefficient (Wildman–Crippen LogP) is 2.31. The summed E-state index contributed by atoms with van der Waals surface area (Å²) in [5.74, 6) is 0. The minimum Gasteiger partial charge on any atom is -0.326 e. The van der Waals surface area contributed by atoms with Crippen molar-refractivity contribution >= 4 is 13.8 Å². The van der Waals surface area contributed by atoms with Crippen LogP contribution in [0.2, 0.25) is 0 Å². The number of carbonyl (C=O) groups is 1. The van der Waals surface area contributed by atoms with Gasteiger partial charge in [-0.05, 0) is 27.7 Å². The van der Waals surface area contributed by atoms with Crippen LogP contribution >= 0.6 is 7.75 Å². The van der Waals surface area contributed by atoms with Crippen LogP contribution in [0, 0.1) is 0 Å². The number of likely N-dealkylation sites (N-methyl/N-ethyl adjacent to an activating group) is 1. The first kappa shape index (κ1) is 14.5. The molecule has 1 rings (SSSR count). The number of urea groups is 1. The molecule has 0 aromatic heterocycles. The Hall–Kier alpha value is -0.580. The summed E-state index contributed by atoms with van der Waals surface area (Å²) < 4.78 is 24.6. The van der Waals surface area contributed by atoms with E-state index in [2.05, 4.69) is 0 Å². The van der Waals surface area contributed by atoms with E-state index in [0.717, 1.165) is 0 Å². The second-order valence-corrected chi connectivity index (χ2v) is 6.45. The molecule has 0 aromatic rings. The van der Waals surface area contributed by atoms with Crippen LogP contribution in [0.5, 0.6) is 0 Å². The third-order valence-corrected chi connectivity index (χ3v) is 4.52. The van der Waals surface area contributed by atoms with Gasteiger partial charge in [0.05, 0.1) is 18.8 Å². The predicted molar refractivity (Wildman–Crippen MR) is 64.8 cm³/mol. The second kappa shape index (κ2) is 5.38. The summed E-state index contributed by atoms with van der Waals surface area (Å²) >= 11 is 0. The monoisotopic (exact) mass is 264 g/mol. The lowest BCUT2D eigenvalue weighted by Gasteiger charge is -2.28. The minimum absolute atomic E-state index is 0.265. The molecular formula is C10H21N2O4P. The van der Waals surface area contributed by atoms with Gasteiger partial charge >= 0.3 is 13.8 Å². The summed E-state index contributed by atoms with van der Waals surface area (Å²) in [6.07, 6.45) is -0.531. The van der Waals surface area contributed by atoms with E-state index in [9.17, 15) is 9.36 Å². The molecule has 1 aliphatic rings. The maximum Gasteiger partial charge on any atom is 0.439 e. The molecule has 0 unspecified atom stereocenters. The molecule has 0 bridgehead atoms. The van der Waals surface area contributed by atoms with Crippen molar-refractivity contribution < 1.29 is 18.4 Å². The van der Waals surface area contributed by atoms with Crippen LogP contribution in [-0.2, 0) is 13.6 Å². The van der Waals surface area contributed by atoms with Gasteiger partial charge in [0.25, 0.3) is 0 Å². The molecule has 17 heavy (non-hydrogen) atoms. The highest BCUT2D eigenvalue weighted by Crippen LogP contribution is 2.55. The van der Waals surface area contributed by atoms with Crippen molar-refractivity contribution in [2.24, 2.45) is 0 Å². The zero-order valence-corrected chi connectivity index (χ0v) is 11.9. The smallest absolute Gasteiger partial charge is 0.326 e. The Morgan fingerprint density at radius 1 is 1.12 bits per heavy atom. The fraction of sp³-hybridized carbons (Fsp3) is 0.900. The van der Waals surface area contributed by atoms with Crippen LogP contribution < -0.4 is 0 Å². The standard InChI is InChI=1S/C10H21N2O4P/c1-8(2)15-17(14,16-9(3)4)12-7-6-11(5)10(12)13/h8-9H,6-7H2,1-5H3. The van der Waals surface area contributed by atoms with Crippen molar-refractivity contribution in [3.8, 4) is 0 Å². The quantitative estimate of drug-likeness (QED) is 0.715. The topological polar surface area (TPSA) is 59.1 Å². The van der Waals surface area contributed by atoms with Gasteiger partial charge in [-0.1, -0.05) is 0 Å². The third-order valence-electron chi connectivity index (χ3n) is 2.18. The Morgan fingerprint density at radius 2 is 1.59 bits per heavy atom. The van der Waals surface area contributed by atoms with Crippen molar-refractivity contribution in [3.63, 3.8) is 0 Å². The number of rotatable bonds is 5. The molecule has 1 aliphatic heterocycles. The van der Waals surface area contributed by atoms with Gasteiger partial charge in [0, 0.05) is 13.6 Å². The maximum atomic E-state index is 12.6. The fourth-order valence-electron chi connectivity index (χ4n) is 1.53. The Morgan fingerprint density at radius 3 is 1.88 bits per heavy atom. The van der Waals surface area contributed by atoms with Crippen molar-refractivity contribution in [3.05, 3.63) is 0 Å². The van der Waals surface area contributed by atoms with Gasteiger partial charge in [-0.2, -0.15) is 0 Å². The molecule has 1 heterocycles. The van der Waals surface area contributed by atoms with E-state index >= 15 is 0 Å². The molecule has 0 aliphatic carbocycles. The van der Waals surface area contributed by atoms with Crippen LogP contribution in [0.15, 0.2) is 0 Å². The Labute approximate surface area is 102 Å². The Bertz CT molecular complexity index is 318. The molecule has 0 N–H and O–H groups in total. The number of amides is 2. The van der Waals surface area contributed by atoms with E-state index in [1.54, 1.807) is 34.7 Å². The van der Waals surface area contributed by atoms with E-state index in [-0.39, 0.29) is 18.2 Å². The van der Waals surface area contributed by atoms with Gasteiger partial charge in [-0.3, -0.25) is 9.05 Å². The SMILES string of the molecule is CC(C)OP(=O)(OC(C)C)N1CCN(C)C1=O. The van der Waals surface area contributed by atoms with Crippen molar-refractivity contribution in [1.82, 2.24) is 9.57 Å². The average molecular weight is 264 g/mol. The highest BCUT2D eigenvalue weighted by atomic mass is 31.2. The molecule has 0 atom stereocenters. The minimum atomic E-state index is -3.53. The van der Waals surface area contributed by atoms with Gasteiger partial charge in [-0.15, -0.1) is 0 Å². The number of carbonyl (C=O) groups excluding carboxylic acids is 1. The molecule has 0 saturated carbocycles. The van der Waals surface area contributed by atoms with Gasteiger partial charge in [0.1, 0.15) is 0 Å². The van der Waals surface area contributed by atoms with Gasteiger partial charge in [-0.25, -0.2) is 14.0 Å². The van der Waals surface area contributed by atoms with E-state index in [4.69, 9.17) is 9.05 Å². The molecule has 0 radical (unpaired) electrons. The Balaban J connectivity index is 2.90. The zero-order valence-electron chi connectivity index (χ0n) is 11.0. The summed E-state index contributed by atoms with van der Waals surface area (Å²) in [6, 6.07) is -0.311. The van der Waals surface area contributed by atoms with Gasteiger partial charge < -0.3 is 4.90 Å². The van der Waals surface area contributed by atoms with Crippen LogP contribution in [0.3, 0.4) is 0 Å². The van der Waals surface area contributed by atoms with E-state index in [1.165, 1.54) is 9.57 Å². The molecule has 0 aromatic carbocycles. The summed E-state index contributed by atoms with van der Waals surface area (Å²) in [7, 11) is -1.87. The lowest BCUT2D eigenvalue weighted by molar-refractivity contribution is 0.114. The average Bonchev–Trinajstić information content (AvgIpc) is 2.44. The molecule has 0 spiro atoms.